The van der Waals surface area contributed by atoms with Gasteiger partial charge in [-0.15, -0.1) is 0 Å². The Morgan fingerprint density at radius 1 is 0.808 bits per heavy atom. The van der Waals surface area contributed by atoms with Crippen LogP contribution >= 0.6 is 11.6 Å². The first-order valence-electron chi connectivity index (χ1n) is 7.62. The molecule has 0 bridgehead atoms. The number of carbonyl (C=O) groups excluding carboxylic acids is 2. The van der Waals surface area contributed by atoms with Crippen LogP contribution in [0, 0.1) is 5.82 Å². The number of nitrogens with one attached hydrogen (secondary N) is 2. The van der Waals surface area contributed by atoms with Gasteiger partial charge >= 0.3 is 0 Å². The molecule has 0 saturated heterocycles. The topological polar surface area (TPSA) is 71.1 Å². The van der Waals surface area contributed by atoms with Gasteiger partial charge in [-0.3, -0.25) is 9.59 Å². The summed E-state index contributed by atoms with van der Waals surface area (Å²) in [6.45, 7) is 0. The van der Waals surface area contributed by atoms with E-state index >= 15 is 0 Å². The Kier molecular flexibility index (Phi) is 5.24. The van der Waals surface area contributed by atoms with Gasteiger partial charge in [-0.1, -0.05) is 23.7 Å². The summed E-state index contributed by atoms with van der Waals surface area (Å²) in [5.41, 5.74) is 0.966. The van der Waals surface area contributed by atoms with Gasteiger partial charge in [0.25, 0.3) is 11.8 Å². The van der Waals surface area contributed by atoms with E-state index in [2.05, 4.69) is 15.6 Å². The van der Waals surface area contributed by atoms with Crippen molar-refractivity contribution in [1.82, 2.24) is 4.98 Å². The maximum atomic E-state index is 13.2. The molecule has 2 amide bonds. The number of benzene rings is 2. The maximum absolute atomic E-state index is 13.2. The summed E-state index contributed by atoms with van der Waals surface area (Å²) < 4.78 is 13.2. The van der Waals surface area contributed by atoms with Gasteiger partial charge < -0.3 is 10.6 Å². The largest absolute Gasteiger partial charge is 0.321 e. The highest BCUT2D eigenvalue weighted by Gasteiger charge is 2.13. The molecule has 0 aliphatic rings. The zero-order valence-electron chi connectivity index (χ0n) is 13.4. The second kappa shape index (κ2) is 7.76. The molecule has 5 nitrogen and oxygen atoms in total. The summed E-state index contributed by atoms with van der Waals surface area (Å²) in [5.74, 6) is -1.48. The smallest absolute Gasteiger partial charge is 0.274 e. The van der Waals surface area contributed by atoms with E-state index in [1.165, 1.54) is 30.3 Å². The van der Waals surface area contributed by atoms with E-state index in [-0.39, 0.29) is 11.4 Å². The molecule has 7 heteroatoms. The SMILES string of the molecule is O=C(Nc1ccc(Cl)cc1)c1cccc(C(=O)Nc2cccc(F)c2)n1. The highest BCUT2D eigenvalue weighted by Crippen LogP contribution is 2.15. The molecule has 2 N–H and O–H groups in total. The lowest BCUT2D eigenvalue weighted by atomic mass is 10.2. The number of hydrogen-bond acceptors (Lipinski definition) is 3. The van der Waals surface area contributed by atoms with Gasteiger partial charge in [-0.2, -0.15) is 0 Å². The predicted octanol–water partition coefficient (Wildman–Crippen LogP) is 4.38. The van der Waals surface area contributed by atoms with Gasteiger partial charge in [0.15, 0.2) is 0 Å². The van der Waals surface area contributed by atoms with Crippen LogP contribution in [0.15, 0.2) is 66.7 Å². The summed E-state index contributed by atoms with van der Waals surface area (Å²) in [6, 6.07) is 16.6. The summed E-state index contributed by atoms with van der Waals surface area (Å²) in [5, 5.41) is 5.75. The molecule has 0 unspecified atom stereocenters. The maximum Gasteiger partial charge on any atom is 0.274 e. The van der Waals surface area contributed by atoms with E-state index in [1.807, 2.05) is 0 Å². The Hall–Kier alpha value is -3.25. The van der Waals surface area contributed by atoms with E-state index in [1.54, 1.807) is 36.4 Å². The summed E-state index contributed by atoms with van der Waals surface area (Å²) in [4.78, 5) is 28.6. The van der Waals surface area contributed by atoms with Gasteiger partial charge in [0.1, 0.15) is 17.2 Å². The minimum Gasteiger partial charge on any atom is -0.321 e. The summed E-state index contributed by atoms with van der Waals surface area (Å²) in [7, 11) is 0. The van der Waals surface area contributed by atoms with Crippen molar-refractivity contribution in [3.05, 3.63) is 89.0 Å². The van der Waals surface area contributed by atoms with Crippen LogP contribution in [0.25, 0.3) is 0 Å². The number of amides is 2. The van der Waals surface area contributed by atoms with Crippen molar-refractivity contribution >= 4 is 34.8 Å². The van der Waals surface area contributed by atoms with E-state index < -0.39 is 17.6 Å². The molecule has 0 saturated carbocycles. The molecule has 0 radical (unpaired) electrons. The van der Waals surface area contributed by atoms with E-state index in [4.69, 9.17) is 11.6 Å². The average molecular weight is 370 g/mol. The van der Waals surface area contributed by atoms with Crippen molar-refractivity contribution in [2.24, 2.45) is 0 Å². The van der Waals surface area contributed by atoms with E-state index in [0.29, 0.717) is 16.4 Å². The highest BCUT2D eigenvalue weighted by atomic mass is 35.5. The Labute approximate surface area is 153 Å². The Morgan fingerprint density at radius 2 is 1.38 bits per heavy atom. The molecular weight excluding hydrogens is 357 g/mol. The standard InChI is InChI=1S/C19H13ClFN3O2/c20-12-7-9-14(10-8-12)22-18(25)16-5-2-6-17(24-16)19(26)23-15-4-1-3-13(21)11-15/h1-11H,(H,22,25)(H,23,26). The fourth-order valence-electron chi connectivity index (χ4n) is 2.18. The van der Waals surface area contributed by atoms with E-state index in [0.717, 1.165) is 0 Å². The van der Waals surface area contributed by atoms with Crippen molar-refractivity contribution < 1.29 is 14.0 Å². The number of anilines is 2. The number of carbonyl (C=O) groups is 2. The number of aromatic nitrogens is 1. The number of rotatable bonds is 4. The molecule has 26 heavy (non-hydrogen) atoms. The fourth-order valence-corrected chi connectivity index (χ4v) is 2.30. The lowest BCUT2D eigenvalue weighted by Crippen LogP contribution is -2.18. The molecule has 3 aromatic rings. The average Bonchev–Trinajstić information content (AvgIpc) is 2.64. The highest BCUT2D eigenvalue weighted by molar-refractivity contribution is 6.30. The van der Waals surface area contributed by atoms with Crippen LogP contribution in [0.1, 0.15) is 21.0 Å². The molecule has 0 fully saturated rings. The first-order chi connectivity index (χ1) is 12.5. The van der Waals surface area contributed by atoms with Crippen molar-refractivity contribution in [1.29, 1.82) is 0 Å². The van der Waals surface area contributed by atoms with Gasteiger partial charge in [0.2, 0.25) is 0 Å². The van der Waals surface area contributed by atoms with Gasteiger partial charge in [-0.25, -0.2) is 9.37 Å². The molecule has 0 atom stereocenters. The number of pyridine rings is 1. The molecule has 130 valence electrons. The lowest BCUT2D eigenvalue weighted by Gasteiger charge is -2.07. The summed E-state index contributed by atoms with van der Waals surface area (Å²) >= 11 is 5.80. The van der Waals surface area contributed by atoms with Crippen molar-refractivity contribution in [3.63, 3.8) is 0 Å². The number of nitrogens with zero attached hydrogens (tertiary/aromatic N) is 1. The van der Waals surface area contributed by atoms with Crippen LogP contribution < -0.4 is 10.6 Å². The van der Waals surface area contributed by atoms with Gasteiger partial charge in [0.05, 0.1) is 0 Å². The monoisotopic (exact) mass is 369 g/mol. The molecule has 0 spiro atoms. The van der Waals surface area contributed by atoms with Crippen molar-refractivity contribution in [2.45, 2.75) is 0 Å². The molecule has 3 rings (SSSR count). The third-order valence-electron chi connectivity index (χ3n) is 3.40. The van der Waals surface area contributed by atoms with Crippen LogP contribution in [0.4, 0.5) is 15.8 Å². The number of halogens is 2. The minimum absolute atomic E-state index is 0.0398. The zero-order valence-corrected chi connectivity index (χ0v) is 14.1. The second-order valence-corrected chi connectivity index (χ2v) is 5.77. The predicted molar refractivity (Wildman–Crippen MR) is 98.0 cm³/mol. The molecular formula is C19H13ClFN3O2. The Morgan fingerprint density at radius 3 is 2.00 bits per heavy atom. The number of hydrogen-bond donors (Lipinski definition) is 2. The molecule has 2 aromatic carbocycles. The normalized spacial score (nSPS) is 10.2. The van der Waals surface area contributed by atoms with Crippen LogP contribution in [0.2, 0.25) is 5.02 Å². The second-order valence-electron chi connectivity index (χ2n) is 5.33. The lowest BCUT2D eigenvalue weighted by molar-refractivity contribution is 0.101. The quantitative estimate of drug-likeness (QED) is 0.717. The van der Waals surface area contributed by atoms with Crippen molar-refractivity contribution in [3.8, 4) is 0 Å². The summed E-state index contributed by atoms with van der Waals surface area (Å²) in [6.07, 6.45) is 0. The third-order valence-corrected chi connectivity index (χ3v) is 3.65. The van der Waals surface area contributed by atoms with Crippen LogP contribution in [0.3, 0.4) is 0 Å². The van der Waals surface area contributed by atoms with Crippen LogP contribution in [-0.4, -0.2) is 16.8 Å². The molecule has 1 aromatic heterocycles. The van der Waals surface area contributed by atoms with Gasteiger partial charge in [0, 0.05) is 16.4 Å². The van der Waals surface area contributed by atoms with E-state index in [9.17, 15) is 14.0 Å². The third kappa shape index (κ3) is 4.43. The van der Waals surface area contributed by atoms with Crippen LogP contribution in [-0.2, 0) is 0 Å². The first kappa shape index (κ1) is 17.6. The Bertz CT molecular complexity index is 961. The van der Waals surface area contributed by atoms with Crippen molar-refractivity contribution in [2.75, 3.05) is 10.6 Å². The molecule has 0 aliphatic carbocycles. The minimum atomic E-state index is -0.545. The van der Waals surface area contributed by atoms with Crippen LogP contribution in [0.5, 0.6) is 0 Å². The molecule has 1 heterocycles. The fraction of sp³-hybridized carbons (Fsp3) is 0. The molecule has 0 aliphatic heterocycles. The first-order valence-corrected chi connectivity index (χ1v) is 8.00. The Balaban J connectivity index is 1.73. The zero-order chi connectivity index (χ0) is 18.5. The van der Waals surface area contributed by atoms with Gasteiger partial charge in [-0.05, 0) is 54.6 Å².